The van der Waals surface area contributed by atoms with E-state index in [9.17, 15) is 4.79 Å². The standard InChI is InChI=1S/C13H11NO/c14-9-10-5-7-11(8-6-10)12-3-1-2-4-13(12)15/h3,5-8H,1-2,4H2. The summed E-state index contributed by atoms with van der Waals surface area (Å²) in [6.07, 6.45) is 4.57. The Kier molecular flexibility index (Phi) is 2.64. The highest BCUT2D eigenvalue weighted by Gasteiger charge is 2.14. The summed E-state index contributed by atoms with van der Waals surface area (Å²) in [6.45, 7) is 0. The van der Waals surface area contributed by atoms with Crippen LogP contribution in [0.2, 0.25) is 0 Å². The molecule has 2 rings (SSSR count). The number of carbonyl (C=O) groups excluding carboxylic acids is 1. The Bertz CT molecular complexity index is 448. The molecule has 0 unspecified atom stereocenters. The second kappa shape index (κ2) is 4.10. The summed E-state index contributed by atoms with van der Waals surface area (Å²) >= 11 is 0. The van der Waals surface area contributed by atoms with Crippen LogP contribution in [0.15, 0.2) is 30.3 Å². The zero-order valence-electron chi connectivity index (χ0n) is 8.36. The summed E-state index contributed by atoms with van der Waals surface area (Å²) < 4.78 is 0. The lowest BCUT2D eigenvalue weighted by Crippen LogP contribution is -2.05. The molecule has 0 bridgehead atoms. The van der Waals surface area contributed by atoms with Gasteiger partial charge < -0.3 is 0 Å². The van der Waals surface area contributed by atoms with Crippen LogP contribution in [-0.4, -0.2) is 5.78 Å². The predicted molar refractivity (Wildman–Crippen MR) is 58.0 cm³/mol. The fourth-order valence-corrected chi connectivity index (χ4v) is 1.76. The molecule has 0 N–H and O–H groups in total. The van der Waals surface area contributed by atoms with Gasteiger partial charge in [-0.3, -0.25) is 4.79 Å². The van der Waals surface area contributed by atoms with Crippen LogP contribution >= 0.6 is 0 Å². The Morgan fingerprint density at radius 3 is 2.53 bits per heavy atom. The molecule has 0 heterocycles. The molecule has 2 nitrogen and oxygen atoms in total. The molecule has 0 amide bonds. The average Bonchev–Trinajstić information content (AvgIpc) is 2.30. The molecule has 74 valence electrons. The highest BCUT2D eigenvalue weighted by atomic mass is 16.1. The molecule has 0 fully saturated rings. The first-order valence-corrected chi connectivity index (χ1v) is 5.05. The molecule has 1 aliphatic rings. The smallest absolute Gasteiger partial charge is 0.163 e. The van der Waals surface area contributed by atoms with Crippen LogP contribution in [-0.2, 0) is 4.79 Å². The van der Waals surface area contributed by atoms with E-state index in [2.05, 4.69) is 6.07 Å². The summed E-state index contributed by atoms with van der Waals surface area (Å²) in [6, 6.07) is 9.24. The van der Waals surface area contributed by atoms with E-state index in [1.165, 1.54) is 0 Å². The largest absolute Gasteiger partial charge is 0.294 e. The summed E-state index contributed by atoms with van der Waals surface area (Å²) in [4.78, 5) is 11.6. The lowest BCUT2D eigenvalue weighted by Gasteiger charge is -2.11. The number of hydrogen-bond acceptors (Lipinski definition) is 2. The van der Waals surface area contributed by atoms with Crippen LogP contribution in [0, 0.1) is 11.3 Å². The van der Waals surface area contributed by atoms with Gasteiger partial charge in [0.05, 0.1) is 11.6 Å². The Morgan fingerprint density at radius 2 is 1.93 bits per heavy atom. The monoisotopic (exact) mass is 197 g/mol. The molecule has 2 heteroatoms. The molecule has 1 aromatic carbocycles. The Balaban J connectivity index is 2.33. The van der Waals surface area contributed by atoms with Crippen molar-refractivity contribution < 1.29 is 4.79 Å². The predicted octanol–water partition coefficient (Wildman–Crippen LogP) is 2.69. The number of hydrogen-bond donors (Lipinski definition) is 0. The average molecular weight is 197 g/mol. The van der Waals surface area contributed by atoms with Crippen LogP contribution in [0.25, 0.3) is 5.57 Å². The molecule has 15 heavy (non-hydrogen) atoms. The zero-order valence-corrected chi connectivity index (χ0v) is 8.36. The van der Waals surface area contributed by atoms with Gasteiger partial charge >= 0.3 is 0 Å². The van der Waals surface area contributed by atoms with Crippen molar-refractivity contribution >= 4 is 11.4 Å². The number of allylic oxidation sites excluding steroid dienone is 2. The number of Topliss-reactive ketones (excluding diaryl/α,β-unsaturated/α-hetero) is 1. The van der Waals surface area contributed by atoms with Gasteiger partial charge in [0, 0.05) is 12.0 Å². The third kappa shape index (κ3) is 1.97. The summed E-state index contributed by atoms with van der Waals surface area (Å²) in [5.41, 5.74) is 2.37. The van der Waals surface area contributed by atoms with Crippen molar-refractivity contribution in [3.05, 3.63) is 41.5 Å². The number of benzene rings is 1. The lowest BCUT2D eigenvalue weighted by molar-refractivity contribution is -0.114. The summed E-state index contributed by atoms with van der Waals surface area (Å²) in [7, 11) is 0. The normalized spacial score (nSPS) is 15.7. The first-order valence-electron chi connectivity index (χ1n) is 5.05. The SMILES string of the molecule is N#Cc1ccc(C2=CCCCC2=O)cc1. The lowest BCUT2D eigenvalue weighted by atomic mass is 9.92. The van der Waals surface area contributed by atoms with Gasteiger partial charge in [-0.05, 0) is 30.5 Å². The highest BCUT2D eigenvalue weighted by Crippen LogP contribution is 2.23. The number of rotatable bonds is 1. The molecule has 0 radical (unpaired) electrons. The minimum atomic E-state index is 0.214. The highest BCUT2D eigenvalue weighted by molar-refractivity contribution is 6.21. The number of ketones is 1. The van der Waals surface area contributed by atoms with Crippen molar-refractivity contribution in [3.8, 4) is 6.07 Å². The first kappa shape index (κ1) is 9.67. The second-order valence-electron chi connectivity index (χ2n) is 3.62. The van der Waals surface area contributed by atoms with Crippen molar-refractivity contribution in [2.75, 3.05) is 0 Å². The van der Waals surface area contributed by atoms with Gasteiger partial charge in [0.25, 0.3) is 0 Å². The first-order chi connectivity index (χ1) is 7.31. The van der Waals surface area contributed by atoms with Crippen molar-refractivity contribution in [2.24, 2.45) is 0 Å². The molecule has 0 aromatic heterocycles. The van der Waals surface area contributed by atoms with Gasteiger partial charge in [-0.25, -0.2) is 0 Å². The molecule has 0 spiro atoms. The third-order valence-electron chi connectivity index (χ3n) is 2.58. The van der Waals surface area contributed by atoms with Crippen LogP contribution in [0.4, 0.5) is 0 Å². The van der Waals surface area contributed by atoms with E-state index in [4.69, 9.17) is 5.26 Å². The maximum absolute atomic E-state index is 11.6. The van der Waals surface area contributed by atoms with Gasteiger partial charge in [-0.1, -0.05) is 18.2 Å². The Morgan fingerprint density at radius 1 is 1.20 bits per heavy atom. The van der Waals surface area contributed by atoms with Gasteiger partial charge in [-0.15, -0.1) is 0 Å². The minimum Gasteiger partial charge on any atom is -0.294 e. The number of carbonyl (C=O) groups is 1. The van der Waals surface area contributed by atoms with E-state index < -0.39 is 0 Å². The molecular formula is C13H11NO. The maximum atomic E-state index is 11.6. The number of nitrogens with zero attached hydrogens (tertiary/aromatic N) is 1. The van der Waals surface area contributed by atoms with E-state index in [1.54, 1.807) is 12.1 Å². The summed E-state index contributed by atoms with van der Waals surface area (Å²) in [5.74, 6) is 0.214. The molecule has 1 aromatic rings. The van der Waals surface area contributed by atoms with Crippen LogP contribution in [0.3, 0.4) is 0 Å². The van der Waals surface area contributed by atoms with E-state index in [-0.39, 0.29) is 5.78 Å². The topological polar surface area (TPSA) is 40.9 Å². The molecule has 1 aliphatic carbocycles. The maximum Gasteiger partial charge on any atom is 0.163 e. The molecular weight excluding hydrogens is 186 g/mol. The van der Waals surface area contributed by atoms with Crippen molar-refractivity contribution in [1.82, 2.24) is 0 Å². The number of nitriles is 1. The van der Waals surface area contributed by atoms with E-state index >= 15 is 0 Å². The van der Waals surface area contributed by atoms with E-state index in [1.807, 2.05) is 18.2 Å². The van der Waals surface area contributed by atoms with Gasteiger partial charge in [-0.2, -0.15) is 5.26 Å². The molecule has 0 aliphatic heterocycles. The van der Waals surface area contributed by atoms with Crippen molar-refractivity contribution in [1.29, 1.82) is 5.26 Å². The molecule has 0 atom stereocenters. The van der Waals surface area contributed by atoms with Crippen LogP contribution in [0.1, 0.15) is 30.4 Å². The minimum absolute atomic E-state index is 0.214. The Hall–Kier alpha value is -1.88. The van der Waals surface area contributed by atoms with E-state index in [0.717, 1.165) is 24.0 Å². The quantitative estimate of drug-likeness (QED) is 0.694. The van der Waals surface area contributed by atoms with Gasteiger partial charge in [0.15, 0.2) is 5.78 Å². The second-order valence-corrected chi connectivity index (χ2v) is 3.62. The van der Waals surface area contributed by atoms with E-state index in [0.29, 0.717) is 12.0 Å². The third-order valence-corrected chi connectivity index (χ3v) is 2.58. The Labute approximate surface area is 88.8 Å². The van der Waals surface area contributed by atoms with Gasteiger partial charge in [0.2, 0.25) is 0 Å². The molecule has 0 saturated carbocycles. The summed E-state index contributed by atoms with van der Waals surface area (Å²) in [5, 5.41) is 8.66. The van der Waals surface area contributed by atoms with Gasteiger partial charge in [0.1, 0.15) is 0 Å². The van der Waals surface area contributed by atoms with Crippen LogP contribution < -0.4 is 0 Å². The van der Waals surface area contributed by atoms with Crippen LogP contribution in [0.5, 0.6) is 0 Å². The fraction of sp³-hybridized carbons (Fsp3) is 0.231. The zero-order chi connectivity index (χ0) is 10.7. The van der Waals surface area contributed by atoms with Crippen molar-refractivity contribution in [3.63, 3.8) is 0 Å². The van der Waals surface area contributed by atoms with Crippen molar-refractivity contribution in [2.45, 2.75) is 19.3 Å². The molecule has 0 saturated heterocycles. The fourth-order valence-electron chi connectivity index (χ4n) is 1.76.